The lowest BCUT2D eigenvalue weighted by Gasteiger charge is -2.34. The number of hydrogen-bond donors (Lipinski definition) is 1. The van der Waals surface area contributed by atoms with Crippen LogP contribution in [0.15, 0.2) is 18.2 Å². The first-order valence-electron chi connectivity index (χ1n) is 9.10. The van der Waals surface area contributed by atoms with E-state index in [-0.39, 0.29) is 11.8 Å². The van der Waals surface area contributed by atoms with Crippen LogP contribution >= 0.6 is 0 Å². The zero-order valence-corrected chi connectivity index (χ0v) is 15.7. The summed E-state index contributed by atoms with van der Waals surface area (Å²) >= 11 is 0. The van der Waals surface area contributed by atoms with Crippen molar-refractivity contribution in [1.29, 1.82) is 0 Å². The van der Waals surface area contributed by atoms with E-state index < -0.39 is 24.1 Å². The minimum atomic E-state index is -0.745. The van der Waals surface area contributed by atoms with Gasteiger partial charge in [-0.2, -0.15) is 0 Å². The molecule has 4 nitrogen and oxygen atoms in total. The summed E-state index contributed by atoms with van der Waals surface area (Å²) < 4.78 is 26.4. The molecule has 1 saturated heterocycles. The first-order valence-corrected chi connectivity index (χ1v) is 9.10. The highest BCUT2D eigenvalue weighted by molar-refractivity contribution is 6.62. The molecule has 1 saturated carbocycles. The van der Waals surface area contributed by atoms with Crippen molar-refractivity contribution in [1.82, 2.24) is 0 Å². The van der Waals surface area contributed by atoms with Crippen molar-refractivity contribution in [3.63, 3.8) is 0 Å². The predicted octanol–water partition coefficient (Wildman–Crippen LogP) is 3.50. The number of halogens is 1. The van der Waals surface area contributed by atoms with Crippen LogP contribution in [0.1, 0.15) is 53.9 Å². The highest BCUT2D eigenvalue weighted by atomic mass is 19.1. The van der Waals surface area contributed by atoms with Crippen LogP contribution in [-0.2, 0) is 14.1 Å². The van der Waals surface area contributed by atoms with Crippen LogP contribution in [0.2, 0.25) is 0 Å². The van der Waals surface area contributed by atoms with Gasteiger partial charge in [0.2, 0.25) is 5.91 Å². The minimum Gasteiger partial charge on any atom is -0.399 e. The van der Waals surface area contributed by atoms with Crippen LogP contribution in [0.25, 0.3) is 0 Å². The molecule has 0 aromatic heterocycles. The molecule has 2 fully saturated rings. The van der Waals surface area contributed by atoms with Crippen LogP contribution in [0.3, 0.4) is 0 Å². The van der Waals surface area contributed by atoms with Crippen LogP contribution in [-0.4, -0.2) is 24.2 Å². The van der Waals surface area contributed by atoms with E-state index in [0.717, 1.165) is 19.3 Å². The van der Waals surface area contributed by atoms with Gasteiger partial charge in [-0.3, -0.25) is 4.79 Å². The number of carbonyl (C=O) groups is 1. The molecule has 3 rings (SSSR count). The molecule has 1 aromatic rings. The third kappa shape index (κ3) is 3.34. The summed E-state index contributed by atoms with van der Waals surface area (Å²) in [7, 11) is -0.745. The maximum atomic E-state index is 14.6. The van der Waals surface area contributed by atoms with Gasteiger partial charge in [0.15, 0.2) is 0 Å². The summed E-state index contributed by atoms with van der Waals surface area (Å²) in [6.45, 7) is 9.83. The lowest BCUT2D eigenvalue weighted by atomic mass is 9.72. The Hall–Kier alpha value is -1.40. The average Bonchev–Trinajstić information content (AvgIpc) is 2.66. The highest BCUT2D eigenvalue weighted by Gasteiger charge is 2.52. The van der Waals surface area contributed by atoms with Crippen molar-refractivity contribution in [3.05, 3.63) is 24.0 Å². The number of hydrogen-bond acceptors (Lipinski definition) is 3. The van der Waals surface area contributed by atoms with Gasteiger partial charge in [-0.1, -0.05) is 19.4 Å². The molecule has 2 atom stereocenters. The lowest BCUT2D eigenvalue weighted by molar-refractivity contribution is -0.124. The summed E-state index contributed by atoms with van der Waals surface area (Å²) in [6, 6.07) is 4.68. The molecule has 6 heteroatoms. The SMILES string of the molecule is CCC1CCC1C(=O)Nc1ccc(B2OC(C)(C)C(C)(C)O2)c(F)c1. The number of anilines is 1. The van der Waals surface area contributed by atoms with E-state index in [4.69, 9.17) is 9.31 Å². The standard InChI is InChI=1S/C19H27BFNO3/c1-6-12-7-9-14(12)17(23)22-13-8-10-15(16(21)11-13)20-24-18(2,3)19(4,5)25-20/h8,10-12,14H,6-7,9H2,1-5H3,(H,22,23). The largest absolute Gasteiger partial charge is 0.497 e. The summed E-state index contributed by atoms with van der Waals surface area (Å²) in [5, 5.41) is 2.84. The first-order chi connectivity index (χ1) is 11.6. The van der Waals surface area contributed by atoms with Gasteiger partial charge in [-0.25, -0.2) is 4.39 Å². The van der Waals surface area contributed by atoms with Gasteiger partial charge in [-0.15, -0.1) is 0 Å². The molecule has 1 aromatic carbocycles. The molecule has 136 valence electrons. The van der Waals surface area contributed by atoms with E-state index in [1.807, 2.05) is 27.7 Å². The summed E-state index contributed by atoms with van der Waals surface area (Å²) in [6.07, 6.45) is 3.02. The zero-order chi connectivity index (χ0) is 18.4. The van der Waals surface area contributed by atoms with E-state index in [1.54, 1.807) is 12.1 Å². The number of amides is 1. The second-order valence-electron chi connectivity index (χ2n) is 8.17. The van der Waals surface area contributed by atoms with Gasteiger partial charge in [0.05, 0.1) is 11.2 Å². The van der Waals surface area contributed by atoms with Crippen LogP contribution < -0.4 is 10.8 Å². The fraction of sp³-hybridized carbons (Fsp3) is 0.632. The Kier molecular flexibility index (Phi) is 4.71. The summed E-state index contributed by atoms with van der Waals surface area (Å²) in [5.41, 5.74) is -0.205. The van der Waals surface area contributed by atoms with E-state index in [2.05, 4.69) is 12.2 Å². The minimum absolute atomic E-state index is 0.0131. The van der Waals surface area contributed by atoms with E-state index in [1.165, 1.54) is 6.07 Å². The maximum absolute atomic E-state index is 14.6. The van der Waals surface area contributed by atoms with Crippen molar-refractivity contribution in [2.24, 2.45) is 11.8 Å². The number of carbonyl (C=O) groups excluding carboxylic acids is 1. The maximum Gasteiger partial charge on any atom is 0.497 e. The van der Waals surface area contributed by atoms with Crippen LogP contribution in [0.4, 0.5) is 10.1 Å². The fourth-order valence-corrected chi connectivity index (χ4v) is 3.40. The second-order valence-corrected chi connectivity index (χ2v) is 8.17. The zero-order valence-electron chi connectivity index (χ0n) is 15.7. The molecular weight excluding hydrogens is 320 g/mol. The quantitative estimate of drug-likeness (QED) is 0.848. The molecular formula is C19H27BFNO3. The lowest BCUT2D eigenvalue weighted by Crippen LogP contribution is -2.41. The summed E-state index contributed by atoms with van der Waals surface area (Å²) in [5.74, 6) is 0.0579. The Morgan fingerprint density at radius 1 is 1.24 bits per heavy atom. The molecule has 1 aliphatic carbocycles. The molecule has 0 radical (unpaired) electrons. The normalized spacial score (nSPS) is 27.0. The van der Waals surface area contributed by atoms with Gasteiger partial charge in [-0.05, 0) is 58.6 Å². The van der Waals surface area contributed by atoms with Crippen molar-refractivity contribution in [2.75, 3.05) is 5.32 Å². The molecule has 2 aliphatic rings. The smallest absolute Gasteiger partial charge is 0.399 e. The fourth-order valence-electron chi connectivity index (χ4n) is 3.40. The van der Waals surface area contributed by atoms with Gasteiger partial charge < -0.3 is 14.6 Å². The molecule has 1 heterocycles. The second kappa shape index (κ2) is 6.40. The van der Waals surface area contributed by atoms with Crippen LogP contribution in [0, 0.1) is 17.7 Å². The van der Waals surface area contributed by atoms with Crippen molar-refractivity contribution in [3.8, 4) is 0 Å². The number of benzene rings is 1. The average molecular weight is 347 g/mol. The Labute approximate surface area is 149 Å². The van der Waals surface area contributed by atoms with Gasteiger partial charge in [0, 0.05) is 17.1 Å². The van der Waals surface area contributed by atoms with Gasteiger partial charge in [0.1, 0.15) is 5.82 Å². The molecule has 1 amide bonds. The van der Waals surface area contributed by atoms with Gasteiger partial charge >= 0.3 is 7.12 Å². The predicted molar refractivity (Wildman–Crippen MR) is 97.3 cm³/mol. The number of nitrogens with one attached hydrogen (secondary N) is 1. The third-order valence-electron chi connectivity index (χ3n) is 6.05. The van der Waals surface area contributed by atoms with Crippen LogP contribution in [0.5, 0.6) is 0 Å². The monoisotopic (exact) mass is 347 g/mol. The van der Waals surface area contributed by atoms with Crippen molar-refractivity contribution in [2.45, 2.75) is 65.1 Å². The molecule has 2 unspecified atom stereocenters. The third-order valence-corrected chi connectivity index (χ3v) is 6.05. The van der Waals surface area contributed by atoms with Crippen molar-refractivity contribution < 1.29 is 18.5 Å². The van der Waals surface area contributed by atoms with E-state index in [0.29, 0.717) is 17.1 Å². The molecule has 1 N–H and O–H groups in total. The summed E-state index contributed by atoms with van der Waals surface area (Å²) in [4.78, 5) is 12.3. The highest BCUT2D eigenvalue weighted by Crippen LogP contribution is 2.38. The van der Waals surface area contributed by atoms with Crippen molar-refractivity contribution >= 4 is 24.2 Å². The first kappa shape index (κ1) is 18.4. The van der Waals surface area contributed by atoms with Gasteiger partial charge in [0.25, 0.3) is 0 Å². The molecule has 0 spiro atoms. The molecule has 0 bridgehead atoms. The van der Waals surface area contributed by atoms with E-state index >= 15 is 0 Å². The Morgan fingerprint density at radius 2 is 1.88 bits per heavy atom. The van der Waals surface area contributed by atoms with E-state index in [9.17, 15) is 9.18 Å². The Balaban J connectivity index is 1.71. The Morgan fingerprint density at radius 3 is 2.36 bits per heavy atom. The molecule has 1 aliphatic heterocycles. The number of rotatable bonds is 4. The molecule has 25 heavy (non-hydrogen) atoms. The topological polar surface area (TPSA) is 47.6 Å². The Bertz CT molecular complexity index is 659.